The van der Waals surface area contributed by atoms with Crippen LogP contribution in [0.15, 0.2) is 54.8 Å². The molecule has 0 unspecified atom stereocenters. The van der Waals surface area contributed by atoms with E-state index in [1.54, 1.807) is 11.7 Å². The fourth-order valence-corrected chi connectivity index (χ4v) is 1.27. The molecule has 0 saturated heterocycles. The minimum Gasteiger partial charge on any atom is -0.266 e. The molecule has 9 nitrogen and oxygen atoms in total. The van der Waals surface area contributed by atoms with Gasteiger partial charge in [0.15, 0.2) is 0 Å². The Hall–Kier alpha value is -2.53. The first-order valence-electron chi connectivity index (χ1n) is 12.0. The van der Waals surface area contributed by atoms with Crippen molar-refractivity contribution in [3.63, 3.8) is 0 Å². The molecule has 36 heavy (non-hydrogen) atoms. The van der Waals surface area contributed by atoms with Crippen LogP contribution in [-0.2, 0) is 0 Å². The molecule has 0 saturated carbocycles. The SMILES string of the molecule is CC(C)C.CC(C)C.CC(C)C.CC(C)C.c1cnsc1.c1nc[nH]n1.c1nc[nH]n1.c1ncsn1. The molecule has 0 bridgehead atoms. The number of hydrogen-bond donors (Lipinski definition) is 2. The second kappa shape index (κ2) is 37.0. The van der Waals surface area contributed by atoms with Crippen LogP contribution in [0.3, 0.4) is 0 Å². The fraction of sp³-hybridized carbons (Fsp3) is 0.640. The Labute approximate surface area is 228 Å². The number of nitrogens with zero attached hydrogens (tertiary/aromatic N) is 7. The third-order valence-electron chi connectivity index (χ3n) is 1.29. The molecule has 0 atom stereocenters. The predicted octanol–water partition coefficient (Wildman–Crippen LogP) is 7.94. The van der Waals surface area contributed by atoms with Gasteiger partial charge in [0.25, 0.3) is 0 Å². The van der Waals surface area contributed by atoms with Gasteiger partial charge in [-0.1, -0.05) is 83.1 Å². The molecule has 0 aromatic carbocycles. The van der Waals surface area contributed by atoms with Crippen LogP contribution in [0.1, 0.15) is 83.1 Å². The topological polar surface area (TPSA) is 122 Å². The molecular weight excluding hydrogens is 490 g/mol. The molecule has 2 N–H and O–H groups in total. The highest BCUT2D eigenvalue weighted by Gasteiger charge is 1.69. The van der Waals surface area contributed by atoms with E-state index in [0.717, 1.165) is 23.7 Å². The third-order valence-corrected chi connectivity index (χ3v) is 2.25. The zero-order chi connectivity index (χ0) is 28.5. The monoisotopic (exact) mass is 541 g/mol. The molecule has 208 valence electrons. The third kappa shape index (κ3) is 95.7. The molecule has 0 aliphatic heterocycles. The highest BCUT2D eigenvalue weighted by Crippen LogP contribution is 1.84. The van der Waals surface area contributed by atoms with Crippen molar-refractivity contribution in [2.24, 2.45) is 23.7 Å². The number of nitrogens with one attached hydrogen (secondary N) is 2. The maximum atomic E-state index is 3.76. The summed E-state index contributed by atoms with van der Waals surface area (Å²) in [6, 6.07) is 1.91. The van der Waals surface area contributed by atoms with Gasteiger partial charge in [-0.25, -0.2) is 19.3 Å². The lowest BCUT2D eigenvalue weighted by molar-refractivity contribution is 0.736. The summed E-state index contributed by atoms with van der Waals surface area (Å²) in [4.78, 5) is 10.7. The van der Waals surface area contributed by atoms with Crippen LogP contribution in [0.5, 0.6) is 0 Å². The Kier molecular flexibility index (Phi) is 41.8. The van der Waals surface area contributed by atoms with Crippen molar-refractivity contribution in [2.75, 3.05) is 0 Å². The van der Waals surface area contributed by atoms with Crippen LogP contribution in [0, 0.1) is 23.7 Å². The molecule has 4 aromatic rings. The summed E-state index contributed by atoms with van der Waals surface area (Å²) in [6.07, 6.45) is 9.20. The van der Waals surface area contributed by atoms with Crippen molar-refractivity contribution in [3.8, 4) is 0 Å². The molecule has 0 radical (unpaired) electrons. The van der Waals surface area contributed by atoms with E-state index in [1.165, 1.54) is 54.7 Å². The number of H-pyrrole nitrogens is 2. The normalized spacial score (nSPS) is 8.44. The van der Waals surface area contributed by atoms with Gasteiger partial charge in [0.1, 0.15) is 37.1 Å². The van der Waals surface area contributed by atoms with Crippen molar-refractivity contribution >= 4 is 23.1 Å². The number of rotatable bonds is 0. The standard InChI is InChI=1S/4C4H10.C3H3NS.2C2H3N3.C2H2N2S/c4*1-4(2)3;1-2-4-5-3-1;3*1-3-2-5-4-1/h4*4H,1-3H3;1-3H;2*1-2H,(H,3,4,5);1-2H. The van der Waals surface area contributed by atoms with E-state index in [-0.39, 0.29) is 0 Å². The Bertz CT molecular complexity index is 503. The summed E-state index contributed by atoms with van der Waals surface area (Å²) in [5.74, 6) is 3.33. The van der Waals surface area contributed by atoms with Gasteiger partial charge in [0.05, 0.1) is 0 Å². The zero-order valence-electron chi connectivity index (χ0n) is 24.5. The molecule has 0 spiro atoms. The van der Waals surface area contributed by atoms with E-state index in [9.17, 15) is 0 Å². The second-order valence-electron chi connectivity index (χ2n) is 9.50. The first-order chi connectivity index (χ1) is 16.9. The lowest BCUT2D eigenvalue weighted by atomic mass is 10.3. The second-order valence-corrected chi connectivity index (χ2v) is 10.8. The van der Waals surface area contributed by atoms with Crippen molar-refractivity contribution in [1.29, 1.82) is 0 Å². The van der Waals surface area contributed by atoms with Crippen molar-refractivity contribution in [1.82, 2.24) is 44.1 Å². The van der Waals surface area contributed by atoms with E-state index >= 15 is 0 Å². The van der Waals surface area contributed by atoms with Crippen LogP contribution in [0.2, 0.25) is 0 Å². The quantitative estimate of drug-likeness (QED) is 0.232. The van der Waals surface area contributed by atoms with Crippen LogP contribution < -0.4 is 0 Å². The van der Waals surface area contributed by atoms with Gasteiger partial charge in [-0.05, 0) is 52.8 Å². The van der Waals surface area contributed by atoms with Gasteiger partial charge in [0.2, 0.25) is 0 Å². The Balaban J connectivity index is -0.000000163. The highest BCUT2D eigenvalue weighted by molar-refractivity contribution is 7.03. The molecule has 0 aliphatic carbocycles. The first-order valence-corrected chi connectivity index (χ1v) is 13.7. The lowest BCUT2D eigenvalue weighted by Gasteiger charge is -1.79. The summed E-state index contributed by atoms with van der Waals surface area (Å²) in [6.45, 7) is 26.0. The van der Waals surface area contributed by atoms with Gasteiger partial charge in [-0.3, -0.25) is 10.2 Å². The van der Waals surface area contributed by atoms with Crippen LogP contribution in [0.4, 0.5) is 0 Å². The summed E-state index contributed by atoms with van der Waals surface area (Å²) in [5, 5.41) is 13.9. The van der Waals surface area contributed by atoms with E-state index in [4.69, 9.17) is 0 Å². The Morgan fingerprint density at radius 2 is 0.944 bits per heavy atom. The summed E-state index contributed by atoms with van der Waals surface area (Å²) < 4.78 is 7.42. The average Bonchev–Trinajstić information content (AvgIpc) is 3.60. The van der Waals surface area contributed by atoms with Gasteiger partial charge >= 0.3 is 0 Å². The van der Waals surface area contributed by atoms with Crippen LogP contribution >= 0.6 is 23.1 Å². The zero-order valence-corrected chi connectivity index (χ0v) is 26.1. The van der Waals surface area contributed by atoms with E-state index in [2.05, 4.69) is 127 Å². The molecule has 4 heterocycles. The van der Waals surface area contributed by atoms with Gasteiger partial charge < -0.3 is 0 Å². The summed E-state index contributed by atoms with van der Waals surface area (Å²) in [5.41, 5.74) is 1.68. The van der Waals surface area contributed by atoms with E-state index in [1.807, 2.05) is 11.4 Å². The molecular formula is C25H51N9S2. The lowest BCUT2D eigenvalue weighted by Crippen LogP contribution is -1.66. The van der Waals surface area contributed by atoms with Crippen molar-refractivity contribution < 1.29 is 0 Å². The van der Waals surface area contributed by atoms with Gasteiger partial charge in [0, 0.05) is 11.6 Å². The van der Waals surface area contributed by atoms with Crippen LogP contribution in [0.25, 0.3) is 0 Å². The molecule has 0 amide bonds. The number of aromatic amines is 2. The maximum Gasteiger partial charge on any atom is 0.137 e. The molecule has 4 rings (SSSR count). The Morgan fingerprint density at radius 3 is 1.03 bits per heavy atom. The van der Waals surface area contributed by atoms with Gasteiger partial charge in [-0.15, -0.1) is 0 Å². The average molecular weight is 542 g/mol. The number of hydrogen-bond acceptors (Lipinski definition) is 9. The first kappa shape index (κ1) is 40.6. The van der Waals surface area contributed by atoms with E-state index in [0.29, 0.717) is 0 Å². The summed E-state index contributed by atoms with van der Waals surface area (Å²) in [7, 11) is 0. The molecule has 11 heteroatoms. The highest BCUT2D eigenvalue weighted by atomic mass is 32.1. The largest absolute Gasteiger partial charge is 0.266 e. The Morgan fingerprint density at radius 1 is 0.528 bits per heavy atom. The van der Waals surface area contributed by atoms with Gasteiger partial charge in [-0.2, -0.15) is 14.6 Å². The van der Waals surface area contributed by atoms with Crippen molar-refractivity contribution in [3.05, 3.63) is 54.8 Å². The maximum absolute atomic E-state index is 3.76. The minimum atomic E-state index is 0.833. The predicted molar refractivity (Wildman–Crippen MR) is 157 cm³/mol. The smallest absolute Gasteiger partial charge is 0.137 e. The minimum absolute atomic E-state index is 0.833. The molecule has 0 aliphatic rings. The van der Waals surface area contributed by atoms with Crippen molar-refractivity contribution in [2.45, 2.75) is 83.1 Å². The van der Waals surface area contributed by atoms with E-state index < -0.39 is 0 Å². The fourth-order valence-electron chi connectivity index (χ4n) is 0.645. The molecule has 4 aromatic heterocycles. The number of aromatic nitrogens is 9. The summed E-state index contributed by atoms with van der Waals surface area (Å²) >= 11 is 2.81. The molecule has 0 fully saturated rings. The van der Waals surface area contributed by atoms with Crippen LogP contribution in [-0.4, -0.2) is 44.1 Å².